The average molecular weight is 314 g/mol. The molecule has 0 atom stereocenters. The van der Waals surface area contributed by atoms with Crippen LogP contribution in [-0.4, -0.2) is 42.2 Å². The SMILES string of the molecule is CCN(C(=O)OCCCC(F)(F)F)C1=CNCN=C1Cl. The molecule has 1 N–H and O–H groups in total. The third-order valence-corrected chi connectivity index (χ3v) is 2.73. The third kappa shape index (κ3) is 5.28. The average Bonchev–Trinajstić information content (AvgIpc) is 2.37. The quantitative estimate of drug-likeness (QED) is 0.794. The zero-order valence-electron chi connectivity index (χ0n) is 10.8. The number of hydrogen-bond acceptors (Lipinski definition) is 4. The van der Waals surface area contributed by atoms with Gasteiger partial charge in [0.25, 0.3) is 0 Å². The molecule has 1 heterocycles. The number of carbonyl (C=O) groups is 1. The number of nitrogens with one attached hydrogen (secondary N) is 1. The van der Waals surface area contributed by atoms with E-state index in [1.807, 2.05) is 0 Å². The smallest absolute Gasteiger partial charge is 0.414 e. The van der Waals surface area contributed by atoms with E-state index in [0.29, 0.717) is 12.4 Å². The van der Waals surface area contributed by atoms with Gasteiger partial charge in [0.2, 0.25) is 0 Å². The van der Waals surface area contributed by atoms with Crippen LogP contribution in [0.5, 0.6) is 0 Å². The lowest BCUT2D eigenvalue weighted by Crippen LogP contribution is -2.36. The first kappa shape index (κ1) is 16.6. The van der Waals surface area contributed by atoms with E-state index in [0.717, 1.165) is 0 Å². The van der Waals surface area contributed by atoms with Crippen molar-refractivity contribution in [2.75, 3.05) is 19.8 Å². The molecule has 0 spiro atoms. The van der Waals surface area contributed by atoms with E-state index < -0.39 is 18.7 Å². The van der Waals surface area contributed by atoms with Gasteiger partial charge in [-0.3, -0.25) is 4.90 Å². The van der Waals surface area contributed by atoms with Crippen molar-refractivity contribution in [1.29, 1.82) is 0 Å². The van der Waals surface area contributed by atoms with Gasteiger partial charge in [-0.1, -0.05) is 11.6 Å². The van der Waals surface area contributed by atoms with E-state index in [9.17, 15) is 18.0 Å². The number of rotatable bonds is 5. The Kier molecular flexibility index (Phi) is 6.12. The van der Waals surface area contributed by atoms with Crippen LogP contribution >= 0.6 is 11.6 Å². The molecule has 1 aliphatic rings. The van der Waals surface area contributed by atoms with Crippen molar-refractivity contribution in [2.24, 2.45) is 4.99 Å². The summed E-state index contributed by atoms with van der Waals surface area (Å²) in [6.07, 6.45) is -4.75. The zero-order valence-corrected chi connectivity index (χ0v) is 11.6. The summed E-state index contributed by atoms with van der Waals surface area (Å²) >= 11 is 5.86. The predicted octanol–water partition coefficient (Wildman–Crippen LogP) is 2.83. The number of aliphatic imine (C=N–C) groups is 1. The molecule has 20 heavy (non-hydrogen) atoms. The summed E-state index contributed by atoms with van der Waals surface area (Å²) < 4.78 is 40.6. The molecule has 5 nitrogen and oxygen atoms in total. The summed E-state index contributed by atoms with van der Waals surface area (Å²) in [5, 5.41) is 2.94. The summed E-state index contributed by atoms with van der Waals surface area (Å²) in [5.41, 5.74) is 0.334. The maximum absolute atomic E-state index is 11.9. The Hall–Kier alpha value is -1.44. The van der Waals surface area contributed by atoms with Crippen molar-refractivity contribution < 1.29 is 22.7 Å². The van der Waals surface area contributed by atoms with Crippen molar-refractivity contribution >= 4 is 22.9 Å². The van der Waals surface area contributed by atoms with Crippen molar-refractivity contribution in [2.45, 2.75) is 25.9 Å². The second-order valence-corrected chi connectivity index (χ2v) is 4.28. The molecular formula is C11H15ClF3N3O2. The van der Waals surface area contributed by atoms with Gasteiger partial charge in [0.1, 0.15) is 6.67 Å². The summed E-state index contributed by atoms with van der Waals surface area (Å²) in [5.74, 6) is 0. The largest absolute Gasteiger partial charge is 0.449 e. The van der Waals surface area contributed by atoms with Gasteiger partial charge < -0.3 is 10.1 Å². The minimum absolute atomic E-state index is 0.151. The van der Waals surface area contributed by atoms with Crippen LogP contribution < -0.4 is 5.32 Å². The highest BCUT2D eigenvalue weighted by Crippen LogP contribution is 2.21. The number of alkyl halides is 3. The highest BCUT2D eigenvalue weighted by Gasteiger charge is 2.27. The normalized spacial score (nSPS) is 15.1. The topological polar surface area (TPSA) is 53.9 Å². The van der Waals surface area contributed by atoms with Crippen molar-refractivity contribution in [3.05, 3.63) is 11.9 Å². The Bertz CT molecular complexity index is 410. The molecule has 0 saturated carbocycles. The van der Waals surface area contributed by atoms with Crippen LogP contribution in [-0.2, 0) is 4.74 Å². The molecule has 114 valence electrons. The number of carbonyl (C=O) groups excluding carboxylic acids is 1. The number of allylic oxidation sites excluding steroid dienone is 1. The lowest BCUT2D eigenvalue weighted by molar-refractivity contribution is -0.137. The van der Waals surface area contributed by atoms with Crippen LogP contribution in [0.2, 0.25) is 0 Å². The van der Waals surface area contributed by atoms with Crippen LogP contribution in [0.15, 0.2) is 16.9 Å². The van der Waals surface area contributed by atoms with Gasteiger partial charge in [-0.05, 0) is 13.3 Å². The lowest BCUT2D eigenvalue weighted by Gasteiger charge is -2.24. The summed E-state index contributed by atoms with van der Waals surface area (Å²) in [6.45, 7) is 1.96. The highest BCUT2D eigenvalue weighted by molar-refractivity contribution is 6.69. The molecule has 0 bridgehead atoms. The number of nitrogens with zero attached hydrogens (tertiary/aromatic N) is 2. The van der Waals surface area contributed by atoms with Gasteiger partial charge in [-0.15, -0.1) is 0 Å². The Labute approximate surface area is 119 Å². The first-order chi connectivity index (χ1) is 9.35. The fourth-order valence-electron chi connectivity index (χ4n) is 1.50. The van der Waals surface area contributed by atoms with Gasteiger partial charge >= 0.3 is 12.3 Å². The predicted molar refractivity (Wildman–Crippen MR) is 68.4 cm³/mol. The molecule has 0 aromatic heterocycles. The second kappa shape index (κ2) is 7.37. The molecule has 0 aliphatic carbocycles. The number of amides is 1. The fraction of sp³-hybridized carbons (Fsp3) is 0.636. The van der Waals surface area contributed by atoms with Crippen molar-refractivity contribution in [3.63, 3.8) is 0 Å². The fourth-order valence-corrected chi connectivity index (χ4v) is 1.71. The molecule has 0 saturated heterocycles. The lowest BCUT2D eigenvalue weighted by atomic mass is 10.3. The van der Waals surface area contributed by atoms with E-state index in [-0.39, 0.29) is 24.7 Å². The van der Waals surface area contributed by atoms with Crippen LogP contribution in [0, 0.1) is 0 Å². The third-order valence-electron chi connectivity index (χ3n) is 2.42. The Morgan fingerprint density at radius 1 is 1.60 bits per heavy atom. The molecule has 1 rings (SSSR count). The standard InChI is InChI=1S/C11H15ClF3N3O2/c1-2-18(8-6-16-7-17-9(8)12)10(19)20-5-3-4-11(13,14)15/h6,16H,2-5,7H2,1H3. The maximum atomic E-state index is 11.9. The Morgan fingerprint density at radius 2 is 2.30 bits per heavy atom. The Morgan fingerprint density at radius 3 is 2.85 bits per heavy atom. The minimum atomic E-state index is -4.25. The summed E-state index contributed by atoms with van der Waals surface area (Å²) in [4.78, 5) is 16.9. The van der Waals surface area contributed by atoms with E-state index in [1.54, 1.807) is 6.92 Å². The second-order valence-electron chi connectivity index (χ2n) is 3.92. The van der Waals surface area contributed by atoms with Gasteiger partial charge in [-0.2, -0.15) is 13.2 Å². The molecular weight excluding hydrogens is 299 g/mol. The first-order valence-corrected chi connectivity index (χ1v) is 6.38. The number of halogens is 4. The van der Waals surface area contributed by atoms with E-state index in [1.165, 1.54) is 11.1 Å². The van der Waals surface area contributed by atoms with Gasteiger partial charge in [0.05, 0.1) is 12.3 Å². The van der Waals surface area contributed by atoms with Gasteiger partial charge in [-0.25, -0.2) is 9.79 Å². The van der Waals surface area contributed by atoms with Crippen LogP contribution in [0.4, 0.5) is 18.0 Å². The van der Waals surface area contributed by atoms with Crippen molar-refractivity contribution in [3.8, 4) is 0 Å². The van der Waals surface area contributed by atoms with Crippen LogP contribution in [0.3, 0.4) is 0 Å². The Balaban J connectivity index is 2.48. The zero-order chi connectivity index (χ0) is 15.2. The van der Waals surface area contributed by atoms with Gasteiger partial charge in [0, 0.05) is 19.2 Å². The summed E-state index contributed by atoms with van der Waals surface area (Å²) in [7, 11) is 0. The number of ether oxygens (including phenoxy) is 1. The highest BCUT2D eigenvalue weighted by atomic mass is 35.5. The van der Waals surface area contributed by atoms with E-state index >= 15 is 0 Å². The molecule has 1 aliphatic heterocycles. The number of hydrogen-bond donors (Lipinski definition) is 1. The monoisotopic (exact) mass is 313 g/mol. The summed E-state index contributed by atoms with van der Waals surface area (Å²) in [6, 6.07) is 0. The molecule has 1 amide bonds. The molecule has 0 aromatic rings. The molecule has 0 radical (unpaired) electrons. The van der Waals surface area contributed by atoms with Gasteiger partial charge in [0.15, 0.2) is 5.17 Å². The maximum Gasteiger partial charge on any atom is 0.414 e. The molecule has 0 aromatic carbocycles. The van der Waals surface area contributed by atoms with Crippen LogP contribution in [0.25, 0.3) is 0 Å². The minimum Gasteiger partial charge on any atom is -0.449 e. The van der Waals surface area contributed by atoms with Crippen molar-refractivity contribution in [1.82, 2.24) is 10.2 Å². The first-order valence-electron chi connectivity index (χ1n) is 6.00. The van der Waals surface area contributed by atoms with E-state index in [2.05, 4.69) is 10.3 Å². The molecule has 0 unspecified atom stereocenters. The van der Waals surface area contributed by atoms with E-state index in [4.69, 9.17) is 16.3 Å². The molecule has 9 heteroatoms. The van der Waals surface area contributed by atoms with Crippen LogP contribution in [0.1, 0.15) is 19.8 Å². The molecule has 0 fully saturated rings.